The molecule has 6 heteroatoms. The molecule has 4 nitrogen and oxygen atoms in total. The number of piperidine rings is 1. The SMILES string of the molecule is CC(=O)C1(c2ccccc2)CCN(C[C@@H]2C[C@@]2(C(=O)NCCc2ccccc2Cl)c2ccc(Cl)cc2)CC1. The van der Waals surface area contributed by atoms with E-state index in [4.69, 9.17) is 23.2 Å². The van der Waals surface area contributed by atoms with Crippen LogP contribution in [0.15, 0.2) is 78.9 Å². The summed E-state index contributed by atoms with van der Waals surface area (Å²) in [5, 5.41) is 4.58. The van der Waals surface area contributed by atoms with Crippen LogP contribution in [-0.4, -0.2) is 42.8 Å². The molecule has 2 fully saturated rings. The average Bonchev–Trinajstić information content (AvgIpc) is 3.65. The van der Waals surface area contributed by atoms with E-state index in [9.17, 15) is 9.59 Å². The Morgan fingerprint density at radius 3 is 2.21 bits per heavy atom. The quantitative estimate of drug-likeness (QED) is 0.344. The molecular formula is C32H34Cl2N2O2. The van der Waals surface area contributed by atoms with Crippen molar-refractivity contribution in [3.8, 4) is 0 Å². The highest BCUT2D eigenvalue weighted by Crippen LogP contribution is 2.55. The summed E-state index contributed by atoms with van der Waals surface area (Å²) in [6, 6.07) is 25.6. The molecular weight excluding hydrogens is 515 g/mol. The van der Waals surface area contributed by atoms with Crippen LogP contribution in [0, 0.1) is 5.92 Å². The van der Waals surface area contributed by atoms with Gasteiger partial charge in [0, 0.05) is 23.1 Å². The first kappa shape index (κ1) is 26.9. The second-order valence-electron chi connectivity index (χ2n) is 10.8. The van der Waals surface area contributed by atoms with Crippen LogP contribution in [0.1, 0.15) is 42.9 Å². The number of nitrogens with one attached hydrogen (secondary N) is 1. The highest BCUT2D eigenvalue weighted by molar-refractivity contribution is 6.31. The lowest BCUT2D eigenvalue weighted by Crippen LogP contribution is -2.47. The third-order valence-corrected chi connectivity index (χ3v) is 9.32. The van der Waals surface area contributed by atoms with Crippen LogP contribution in [0.25, 0.3) is 0 Å². The van der Waals surface area contributed by atoms with E-state index in [1.54, 1.807) is 6.92 Å². The van der Waals surface area contributed by atoms with E-state index in [1.165, 1.54) is 0 Å². The maximum atomic E-state index is 13.7. The van der Waals surface area contributed by atoms with Gasteiger partial charge in [-0.3, -0.25) is 9.59 Å². The van der Waals surface area contributed by atoms with Gasteiger partial charge in [-0.1, -0.05) is 83.9 Å². The summed E-state index contributed by atoms with van der Waals surface area (Å²) in [5.74, 6) is 0.518. The third-order valence-electron chi connectivity index (χ3n) is 8.70. The number of hydrogen-bond acceptors (Lipinski definition) is 3. The first-order chi connectivity index (χ1) is 18.3. The summed E-state index contributed by atoms with van der Waals surface area (Å²) in [6.45, 7) is 4.78. The Bertz CT molecular complexity index is 1290. The van der Waals surface area contributed by atoms with E-state index in [1.807, 2.05) is 66.7 Å². The average molecular weight is 550 g/mol. The fourth-order valence-electron chi connectivity index (χ4n) is 6.26. The highest BCUT2D eigenvalue weighted by Gasteiger charge is 2.61. The van der Waals surface area contributed by atoms with Crippen molar-refractivity contribution in [1.82, 2.24) is 10.2 Å². The Hall–Kier alpha value is -2.66. The molecule has 38 heavy (non-hydrogen) atoms. The van der Waals surface area contributed by atoms with Crippen molar-refractivity contribution >= 4 is 34.9 Å². The van der Waals surface area contributed by atoms with Gasteiger partial charge in [0.15, 0.2) is 0 Å². The number of ketones is 1. The topological polar surface area (TPSA) is 49.4 Å². The molecule has 0 aromatic heterocycles. The maximum absolute atomic E-state index is 13.7. The number of carbonyl (C=O) groups is 2. The lowest BCUT2D eigenvalue weighted by atomic mass is 9.70. The summed E-state index contributed by atoms with van der Waals surface area (Å²) in [7, 11) is 0. The summed E-state index contributed by atoms with van der Waals surface area (Å²) >= 11 is 12.5. The molecule has 2 atom stereocenters. The molecule has 1 N–H and O–H groups in total. The molecule has 2 aliphatic rings. The van der Waals surface area contributed by atoms with Gasteiger partial charge in [-0.25, -0.2) is 0 Å². The maximum Gasteiger partial charge on any atom is 0.231 e. The van der Waals surface area contributed by atoms with Crippen molar-refractivity contribution in [3.05, 3.63) is 106 Å². The molecule has 1 saturated carbocycles. The molecule has 5 rings (SSSR count). The number of rotatable bonds is 9. The van der Waals surface area contributed by atoms with Crippen LogP contribution in [-0.2, 0) is 26.8 Å². The van der Waals surface area contributed by atoms with Crippen LogP contribution in [0.4, 0.5) is 0 Å². The molecule has 0 unspecified atom stereocenters. The Kier molecular flexibility index (Phi) is 7.95. The van der Waals surface area contributed by atoms with Crippen LogP contribution in [0.2, 0.25) is 10.0 Å². The Morgan fingerprint density at radius 1 is 0.895 bits per heavy atom. The molecule has 3 aromatic rings. The molecule has 0 bridgehead atoms. The zero-order valence-corrected chi connectivity index (χ0v) is 23.3. The second-order valence-corrected chi connectivity index (χ2v) is 11.6. The fraction of sp³-hybridized carbons (Fsp3) is 0.375. The summed E-state index contributed by atoms with van der Waals surface area (Å²) in [5.41, 5.74) is 2.20. The van der Waals surface area contributed by atoms with E-state index in [-0.39, 0.29) is 17.6 Å². The molecule has 1 aliphatic heterocycles. The molecule has 0 spiro atoms. The summed E-state index contributed by atoms with van der Waals surface area (Å²) < 4.78 is 0. The number of amides is 1. The number of halogens is 2. The summed E-state index contributed by atoms with van der Waals surface area (Å²) in [6.07, 6.45) is 3.10. The van der Waals surface area contributed by atoms with Crippen molar-refractivity contribution in [3.63, 3.8) is 0 Å². The zero-order chi connectivity index (χ0) is 26.8. The predicted octanol–water partition coefficient (Wildman–Crippen LogP) is 6.23. The summed E-state index contributed by atoms with van der Waals surface area (Å²) in [4.78, 5) is 28.9. The van der Waals surface area contributed by atoms with Gasteiger partial charge in [0.05, 0.1) is 10.8 Å². The predicted molar refractivity (Wildman–Crippen MR) is 154 cm³/mol. The number of carbonyl (C=O) groups excluding carboxylic acids is 2. The molecule has 1 amide bonds. The molecule has 1 aliphatic carbocycles. The van der Waals surface area contributed by atoms with Gasteiger partial charge in [-0.2, -0.15) is 0 Å². The number of likely N-dealkylation sites (tertiary alicyclic amines) is 1. The van der Waals surface area contributed by atoms with Gasteiger partial charge in [-0.05, 0) is 86.5 Å². The normalized spacial score (nSPS) is 22.6. The first-order valence-electron chi connectivity index (χ1n) is 13.4. The Morgan fingerprint density at radius 2 is 1.55 bits per heavy atom. The largest absolute Gasteiger partial charge is 0.355 e. The van der Waals surface area contributed by atoms with Gasteiger partial charge in [-0.15, -0.1) is 0 Å². The molecule has 0 radical (unpaired) electrons. The minimum absolute atomic E-state index is 0.0660. The smallest absolute Gasteiger partial charge is 0.231 e. The van der Waals surface area contributed by atoms with E-state index in [0.29, 0.717) is 18.0 Å². The fourth-order valence-corrected chi connectivity index (χ4v) is 6.62. The minimum Gasteiger partial charge on any atom is -0.355 e. The van der Waals surface area contributed by atoms with Crippen molar-refractivity contribution in [2.45, 2.75) is 43.4 Å². The number of Topliss-reactive ketones (excluding diaryl/α,β-unsaturated/α-hetero) is 1. The lowest BCUT2D eigenvalue weighted by molar-refractivity contribution is -0.124. The highest BCUT2D eigenvalue weighted by atomic mass is 35.5. The van der Waals surface area contributed by atoms with Crippen LogP contribution in [0.3, 0.4) is 0 Å². The van der Waals surface area contributed by atoms with Crippen LogP contribution < -0.4 is 5.32 Å². The van der Waals surface area contributed by atoms with Crippen molar-refractivity contribution < 1.29 is 9.59 Å². The van der Waals surface area contributed by atoms with Gasteiger partial charge in [0.2, 0.25) is 5.91 Å². The van der Waals surface area contributed by atoms with Gasteiger partial charge in [0.25, 0.3) is 0 Å². The van der Waals surface area contributed by atoms with Crippen LogP contribution in [0.5, 0.6) is 0 Å². The zero-order valence-electron chi connectivity index (χ0n) is 21.8. The molecule has 198 valence electrons. The van der Waals surface area contributed by atoms with Gasteiger partial charge < -0.3 is 10.2 Å². The minimum atomic E-state index is -0.556. The monoisotopic (exact) mass is 548 g/mol. The molecule has 1 saturated heterocycles. The van der Waals surface area contributed by atoms with E-state index < -0.39 is 10.8 Å². The van der Waals surface area contributed by atoms with Gasteiger partial charge >= 0.3 is 0 Å². The van der Waals surface area contributed by atoms with Crippen LogP contribution >= 0.6 is 23.2 Å². The third kappa shape index (κ3) is 5.27. The van der Waals surface area contributed by atoms with Crippen molar-refractivity contribution in [2.24, 2.45) is 5.92 Å². The molecule has 3 aromatic carbocycles. The van der Waals surface area contributed by atoms with Crippen molar-refractivity contribution in [2.75, 3.05) is 26.2 Å². The number of benzene rings is 3. The van der Waals surface area contributed by atoms with E-state index >= 15 is 0 Å². The number of hydrogen-bond donors (Lipinski definition) is 1. The number of nitrogens with zero attached hydrogens (tertiary/aromatic N) is 1. The van der Waals surface area contributed by atoms with E-state index in [2.05, 4.69) is 22.3 Å². The second kappa shape index (κ2) is 11.2. The lowest BCUT2D eigenvalue weighted by Gasteiger charge is -2.41. The molecule has 1 heterocycles. The van der Waals surface area contributed by atoms with Crippen molar-refractivity contribution in [1.29, 1.82) is 0 Å². The first-order valence-corrected chi connectivity index (χ1v) is 14.2. The standard InChI is InChI=1S/C32H34Cl2N2O2/c1-23(37)31(25-8-3-2-4-9-25)16-19-36(20-17-31)22-27-21-32(27,26-11-13-28(33)14-12-26)30(38)35-18-15-24-7-5-6-10-29(24)34/h2-14,27H,15-22H2,1H3,(H,35,38)/t27-,32+/m0/s1. The Labute approximate surface area is 235 Å². The Balaban J connectivity index is 1.26. The van der Waals surface area contributed by atoms with Gasteiger partial charge in [0.1, 0.15) is 5.78 Å². The van der Waals surface area contributed by atoms with E-state index in [0.717, 1.165) is 60.6 Å².